The molecule has 26 heavy (non-hydrogen) atoms. The van der Waals surface area contributed by atoms with Gasteiger partial charge in [0.05, 0.1) is 12.2 Å². The molecule has 3 rings (SSSR count). The van der Waals surface area contributed by atoms with Crippen LogP contribution in [0.3, 0.4) is 0 Å². The predicted octanol–water partition coefficient (Wildman–Crippen LogP) is 5.36. The van der Waals surface area contributed by atoms with E-state index < -0.39 is 0 Å². The van der Waals surface area contributed by atoms with Gasteiger partial charge in [-0.25, -0.2) is 0 Å². The van der Waals surface area contributed by atoms with Gasteiger partial charge in [-0.05, 0) is 51.0 Å². The molecule has 0 fully saturated rings. The van der Waals surface area contributed by atoms with E-state index in [2.05, 4.69) is 74.1 Å². The highest BCUT2D eigenvalue weighted by atomic mass is 35.5. The van der Waals surface area contributed by atoms with Crippen molar-refractivity contribution in [3.63, 3.8) is 0 Å². The SMILES string of the molecule is Cc1ccc(Cn2nc(C)c(CN[C@H](C)c3ccc(Cl)cc3)c2C)cc1. The zero-order chi connectivity index (χ0) is 18.7. The Labute approximate surface area is 161 Å². The maximum atomic E-state index is 5.98. The maximum absolute atomic E-state index is 5.98. The summed E-state index contributed by atoms with van der Waals surface area (Å²) in [4.78, 5) is 0. The number of halogens is 1. The molecule has 0 aliphatic carbocycles. The van der Waals surface area contributed by atoms with Crippen LogP contribution in [0, 0.1) is 20.8 Å². The van der Waals surface area contributed by atoms with Crippen molar-refractivity contribution in [2.24, 2.45) is 0 Å². The Bertz CT molecular complexity index is 864. The summed E-state index contributed by atoms with van der Waals surface area (Å²) >= 11 is 5.98. The summed E-state index contributed by atoms with van der Waals surface area (Å²) in [6, 6.07) is 16.9. The Hall–Kier alpha value is -2.10. The van der Waals surface area contributed by atoms with Gasteiger partial charge in [0, 0.05) is 28.9 Å². The highest BCUT2D eigenvalue weighted by Crippen LogP contribution is 2.19. The van der Waals surface area contributed by atoms with Crippen molar-refractivity contribution < 1.29 is 0 Å². The molecule has 0 amide bonds. The minimum Gasteiger partial charge on any atom is -0.306 e. The van der Waals surface area contributed by atoms with E-state index in [0.717, 1.165) is 23.8 Å². The van der Waals surface area contributed by atoms with Gasteiger partial charge in [0.2, 0.25) is 0 Å². The van der Waals surface area contributed by atoms with Crippen LogP contribution < -0.4 is 5.32 Å². The quantitative estimate of drug-likeness (QED) is 0.635. The highest BCUT2D eigenvalue weighted by Gasteiger charge is 2.13. The number of benzene rings is 2. The van der Waals surface area contributed by atoms with Gasteiger partial charge in [-0.3, -0.25) is 4.68 Å². The summed E-state index contributed by atoms with van der Waals surface area (Å²) in [6.07, 6.45) is 0. The van der Waals surface area contributed by atoms with Crippen LogP contribution in [0.5, 0.6) is 0 Å². The summed E-state index contributed by atoms with van der Waals surface area (Å²) in [5, 5.41) is 9.12. The molecule has 1 aromatic heterocycles. The lowest BCUT2D eigenvalue weighted by Gasteiger charge is -2.15. The van der Waals surface area contributed by atoms with Crippen LogP contribution in [0.15, 0.2) is 48.5 Å². The first kappa shape index (κ1) is 18.7. The monoisotopic (exact) mass is 367 g/mol. The standard InChI is InChI=1S/C22H26ClN3/c1-15-5-7-19(8-6-15)14-26-18(4)22(17(3)25-26)13-24-16(2)20-9-11-21(23)12-10-20/h5-12,16,24H,13-14H2,1-4H3/t16-/m1/s1. The van der Waals surface area contributed by atoms with E-state index in [1.165, 1.54) is 27.9 Å². The van der Waals surface area contributed by atoms with Crippen LogP contribution in [-0.2, 0) is 13.1 Å². The third-order valence-corrected chi connectivity index (χ3v) is 5.19. The number of hydrogen-bond acceptors (Lipinski definition) is 2. The Balaban J connectivity index is 1.69. The van der Waals surface area contributed by atoms with Gasteiger partial charge in [-0.1, -0.05) is 53.6 Å². The molecule has 0 saturated heterocycles. The van der Waals surface area contributed by atoms with Gasteiger partial charge in [-0.15, -0.1) is 0 Å². The molecule has 2 aromatic carbocycles. The Morgan fingerprint density at radius 3 is 2.31 bits per heavy atom. The number of rotatable bonds is 6. The van der Waals surface area contributed by atoms with Gasteiger partial charge in [0.15, 0.2) is 0 Å². The highest BCUT2D eigenvalue weighted by molar-refractivity contribution is 6.30. The lowest BCUT2D eigenvalue weighted by Crippen LogP contribution is -2.19. The molecule has 0 aliphatic heterocycles. The van der Waals surface area contributed by atoms with Gasteiger partial charge < -0.3 is 5.32 Å². The maximum Gasteiger partial charge on any atom is 0.0662 e. The first-order valence-corrected chi connectivity index (χ1v) is 9.39. The Morgan fingerprint density at radius 2 is 1.65 bits per heavy atom. The molecule has 0 spiro atoms. The van der Waals surface area contributed by atoms with Crippen molar-refractivity contribution in [2.45, 2.75) is 46.8 Å². The third-order valence-electron chi connectivity index (χ3n) is 4.94. The van der Waals surface area contributed by atoms with Gasteiger partial charge in [0.25, 0.3) is 0 Å². The van der Waals surface area contributed by atoms with E-state index in [-0.39, 0.29) is 6.04 Å². The minimum absolute atomic E-state index is 0.256. The van der Waals surface area contributed by atoms with Crippen LogP contribution in [0.1, 0.15) is 46.6 Å². The van der Waals surface area contributed by atoms with E-state index >= 15 is 0 Å². The molecular formula is C22H26ClN3. The van der Waals surface area contributed by atoms with E-state index in [9.17, 15) is 0 Å². The first-order valence-electron chi connectivity index (χ1n) is 9.01. The molecule has 0 radical (unpaired) electrons. The molecule has 136 valence electrons. The van der Waals surface area contributed by atoms with E-state index in [0.29, 0.717) is 0 Å². The fraction of sp³-hybridized carbons (Fsp3) is 0.318. The number of nitrogens with one attached hydrogen (secondary N) is 1. The van der Waals surface area contributed by atoms with Crippen molar-refractivity contribution in [2.75, 3.05) is 0 Å². The summed E-state index contributed by atoms with van der Waals surface area (Å²) < 4.78 is 2.10. The average Bonchev–Trinajstić information content (AvgIpc) is 2.89. The van der Waals surface area contributed by atoms with Crippen LogP contribution in [-0.4, -0.2) is 9.78 Å². The van der Waals surface area contributed by atoms with Crippen molar-refractivity contribution in [3.8, 4) is 0 Å². The number of aromatic nitrogens is 2. The third kappa shape index (κ3) is 4.35. The molecule has 0 aliphatic rings. The lowest BCUT2D eigenvalue weighted by atomic mass is 10.1. The zero-order valence-corrected chi connectivity index (χ0v) is 16.6. The van der Waals surface area contributed by atoms with E-state index in [1.54, 1.807) is 0 Å². The lowest BCUT2D eigenvalue weighted by molar-refractivity contribution is 0.571. The van der Waals surface area contributed by atoms with Gasteiger partial charge >= 0.3 is 0 Å². The summed E-state index contributed by atoms with van der Waals surface area (Å²) in [7, 11) is 0. The fourth-order valence-electron chi connectivity index (χ4n) is 3.13. The predicted molar refractivity (Wildman–Crippen MR) is 109 cm³/mol. The molecule has 1 atom stereocenters. The second-order valence-electron chi connectivity index (χ2n) is 6.95. The summed E-state index contributed by atoms with van der Waals surface area (Å²) in [5.74, 6) is 0. The smallest absolute Gasteiger partial charge is 0.0662 e. The van der Waals surface area contributed by atoms with Crippen molar-refractivity contribution in [1.82, 2.24) is 15.1 Å². The number of nitrogens with zero attached hydrogens (tertiary/aromatic N) is 2. The molecular weight excluding hydrogens is 342 g/mol. The largest absolute Gasteiger partial charge is 0.306 e. The Kier molecular flexibility index (Phi) is 5.80. The molecule has 3 aromatic rings. The van der Waals surface area contributed by atoms with Crippen LogP contribution in [0.4, 0.5) is 0 Å². The topological polar surface area (TPSA) is 29.9 Å². The number of hydrogen-bond donors (Lipinski definition) is 1. The van der Waals surface area contributed by atoms with Crippen molar-refractivity contribution in [3.05, 3.63) is 87.2 Å². The average molecular weight is 368 g/mol. The van der Waals surface area contributed by atoms with Crippen LogP contribution >= 0.6 is 11.6 Å². The molecule has 1 heterocycles. The summed E-state index contributed by atoms with van der Waals surface area (Å²) in [6.45, 7) is 10.1. The first-order chi connectivity index (χ1) is 12.4. The van der Waals surface area contributed by atoms with Gasteiger partial charge in [-0.2, -0.15) is 5.10 Å². The normalized spacial score (nSPS) is 12.3. The van der Waals surface area contributed by atoms with Crippen LogP contribution in [0.2, 0.25) is 5.02 Å². The molecule has 1 N–H and O–H groups in total. The van der Waals surface area contributed by atoms with Crippen molar-refractivity contribution >= 4 is 11.6 Å². The molecule has 4 heteroatoms. The number of aryl methyl sites for hydroxylation is 2. The molecule has 0 bridgehead atoms. The second kappa shape index (κ2) is 8.07. The van der Waals surface area contributed by atoms with Crippen molar-refractivity contribution in [1.29, 1.82) is 0 Å². The van der Waals surface area contributed by atoms with E-state index in [4.69, 9.17) is 16.7 Å². The summed E-state index contributed by atoms with van der Waals surface area (Å²) in [5.41, 5.74) is 7.37. The second-order valence-corrected chi connectivity index (χ2v) is 7.38. The van der Waals surface area contributed by atoms with E-state index in [1.807, 2.05) is 12.1 Å². The van der Waals surface area contributed by atoms with Crippen LogP contribution in [0.25, 0.3) is 0 Å². The zero-order valence-electron chi connectivity index (χ0n) is 15.9. The Morgan fingerprint density at radius 1 is 1.00 bits per heavy atom. The van der Waals surface area contributed by atoms with Gasteiger partial charge in [0.1, 0.15) is 0 Å². The molecule has 3 nitrogen and oxygen atoms in total. The minimum atomic E-state index is 0.256. The molecule has 0 saturated carbocycles. The fourth-order valence-corrected chi connectivity index (χ4v) is 3.26. The molecule has 0 unspecified atom stereocenters.